The average Bonchev–Trinajstić information content (AvgIpc) is 3.22. The minimum absolute atomic E-state index is 0.185. The first kappa shape index (κ1) is 18.0. The molecule has 4 nitrogen and oxygen atoms in total. The first-order chi connectivity index (χ1) is 11.4. The van der Waals surface area contributed by atoms with Crippen LogP contribution in [-0.2, 0) is 18.5 Å². The second-order valence-electron chi connectivity index (χ2n) is 7.76. The first-order valence-electron chi connectivity index (χ1n) is 8.69. The Labute approximate surface area is 153 Å². The molecule has 1 unspecified atom stereocenters. The fourth-order valence-electron chi connectivity index (χ4n) is 3.02. The largest absolute Gasteiger partial charge is 0.316 e. The summed E-state index contributed by atoms with van der Waals surface area (Å²) in [6.45, 7) is 14.2. The highest BCUT2D eigenvalue weighted by molar-refractivity contribution is 7.11. The summed E-state index contributed by atoms with van der Waals surface area (Å²) in [4.78, 5) is 14.4. The van der Waals surface area contributed by atoms with Gasteiger partial charge in [-0.25, -0.2) is 9.97 Å². The Morgan fingerprint density at radius 1 is 1.29 bits per heavy atom. The summed E-state index contributed by atoms with van der Waals surface area (Å²) in [5.41, 5.74) is 3.31. The summed E-state index contributed by atoms with van der Waals surface area (Å²) < 4.78 is 0. The van der Waals surface area contributed by atoms with E-state index in [9.17, 15) is 0 Å². The van der Waals surface area contributed by atoms with Crippen LogP contribution >= 0.6 is 22.7 Å². The second-order valence-corrected chi connectivity index (χ2v) is 9.81. The summed E-state index contributed by atoms with van der Waals surface area (Å²) in [6.07, 6.45) is 3.34. The molecule has 2 aromatic rings. The van der Waals surface area contributed by atoms with Gasteiger partial charge in [0.2, 0.25) is 0 Å². The Kier molecular flexibility index (Phi) is 5.70. The minimum atomic E-state index is 0.185. The lowest BCUT2D eigenvalue weighted by Crippen LogP contribution is -2.29. The molecule has 0 aliphatic carbocycles. The van der Waals surface area contributed by atoms with E-state index in [1.165, 1.54) is 26.9 Å². The maximum Gasteiger partial charge on any atom is 0.107 e. The van der Waals surface area contributed by atoms with Gasteiger partial charge in [0.15, 0.2) is 0 Å². The zero-order valence-corrected chi connectivity index (χ0v) is 16.8. The molecule has 1 atom stereocenters. The smallest absolute Gasteiger partial charge is 0.107 e. The molecule has 1 fully saturated rings. The van der Waals surface area contributed by atoms with Gasteiger partial charge >= 0.3 is 0 Å². The number of hydrogen-bond acceptors (Lipinski definition) is 6. The molecule has 0 aromatic carbocycles. The van der Waals surface area contributed by atoms with Crippen molar-refractivity contribution in [2.75, 3.05) is 19.6 Å². The van der Waals surface area contributed by atoms with Gasteiger partial charge in [0.1, 0.15) is 5.01 Å². The lowest BCUT2D eigenvalue weighted by molar-refractivity contribution is 0.222. The number of aryl methyl sites for hydroxylation is 1. The monoisotopic (exact) mass is 364 g/mol. The number of nitrogens with one attached hydrogen (secondary N) is 1. The van der Waals surface area contributed by atoms with Crippen LogP contribution in [0.25, 0.3) is 0 Å². The van der Waals surface area contributed by atoms with Crippen LogP contribution in [-0.4, -0.2) is 34.5 Å². The highest BCUT2D eigenvalue weighted by Gasteiger charge is 2.22. The topological polar surface area (TPSA) is 41.1 Å². The molecule has 3 heterocycles. The Hall–Kier alpha value is -0.820. The lowest BCUT2D eigenvalue weighted by atomic mass is 9.96. The lowest BCUT2D eigenvalue weighted by Gasteiger charge is -2.24. The third-order valence-electron chi connectivity index (χ3n) is 4.54. The molecule has 0 saturated carbocycles. The molecule has 2 aromatic heterocycles. The predicted octanol–water partition coefficient (Wildman–Crippen LogP) is 3.82. The standard InChI is InChI=1S/C18H28N4S2/c1-13-15(23-12-21-13)10-22(9-14-5-6-19-7-14)11-17-20-8-16(24-17)18(2,3)4/h8,12,14,19H,5-7,9-11H2,1-4H3. The van der Waals surface area contributed by atoms with Crippen molar-refractivity contribution in [3.8, 4) is 0 Å². The average molecular weight is 365 g/mol. The Balaban J connectivity index is 1.71. The SMILES string of the molecule is Cc1ncsc1CN(Cc1ncc(C(C)(C)C)s1)CC1CCNC1. The van der Waals surface area contributed by atoms with Crippen molar-refractivity contribution in [3.63, 3.8) is 0 Å². The van der Waals surface area contributed by atoms with Crippen molar-refractivity contribution in [1.29, 1.82) is 0 Å². The van der Waals surface area contributed by atoms with Gasteiger partial charge in [0.05, 0.1) is 17.7 Å². The van der Waals surface area contributed by atoms with E-state index in [2.05, 4.69) is 49.1 Å². The van der Waals surface area contributed by atoms with Crippen LogP contribution in [0.3, 0.4) is 0 Å². The molecule has 0 radical (unpaired) electrons. The van der Waals surface area contributed by atoms with Crippen LogP contribution in [0.1, 0.15) is 47.6 Å². The fraction of sp³-hybridized carbons (Fsp3) is 0.667. The molecule has 0 spiro atoms. The van der Waals surface area contributed by atoms with Crippen LogP contribution in [0.4, 0.5) is 0 Å². The van der Waals surface area contributed by atoms with Gasteiger partial charge in [-0.15, -0.1) is 22.7 Å². The molecule has 1 aliphatic heterocycles. The zero-order valence-electron chi connectivity index (χ0n) is 15.1. The fourth-order valence-corrected chi connectivity index (χ4v) is 4.86. The van der Waals surface area contributed by atoms with Crippen molar-refractivity contribution in [1.82, 2.24) is 20.2 Å². The molecule has 24 heavy (non-hydrogen) atoms. The summed E-state index contributed by atoms with van der Waals surface area (Å²) in [6, 6.07) is 0. The second kappa shape index (κ2) is 7.60. The van der Waals surface area contributed by atoms with Crippen LogP contribution < -0.4 is 5.32 Å². The summed E-state index contributed by atoms with van der Waals surface area (Å²) in [5, 5.41) is 4.72. The zero-order chi connectivity index (χ0) is 17.2. The van der Waals surface area contributed by atoms with Gasteiger partial charge < -0.3 is 5.32 Å². The van der Waals surface area contributed by atoms with E-state index in [1.54, 1.807) is 11.3 Å². The van der Waals surface area contributed by atoms with E-state index in [1.807, 2.05) is 16.8 Å². The van der Waals surface area contributed by atoms with Gasteiger partial charge in [-0.1, -0.05) is 20.8 Å². The van der Waals surface area contributed by atoms with E-state index < -0.39 is 0 Å². The highest BCUT2D eigenvalue weighted by Crippen LogP contribution is 2.29. The molecule has 1 N–H and O–H groups in total. The first-order valence-corrected chi connectivity index (χ1v) is 10.4. The summed E-state index contributed by atoms with van der Waals surface area (Å²) in [5.74, 6) is 0.750. The minimum Gasteiger partial charge on any atom is -0.316 e. The van der Waals surface area contributed by atoms with Gasteiger partial charge in [-0.2, -0.15) is 0 Å². The Morgan fingerprint density at radius 3 is 2.71 bits per heavy atom. The third kappa shape index (κ3) is 4.63. The number of rotatable bonds is 6. The van der Waals surface area contributed by atoms with Crippen LogP contribution in [0, 0.1) is 12.8 Å². The molecule has 0 amide bonds. The maximum absolute atomic E-state index is 4.70. The van der Waals surface area contributed by atoms with Gasteiger partial charge in [-0.3, -0.25) is 4.90 Å². The van der Waals surface area contributed by atoms with Gasteiger partial charge in [0.25, 0.3) is 0 Å². The number of hydrogen-bond donors (Lipinski definition) is 1. The number of aromatic nitrogens is 2. The van der Waals surface area contributed by atoms with E-state index in [4.69, 9.17) is 4.98 Å². The van der Waals surface area contributed by atoms with Gasteiger partial charge in [-0.05, 0) is 37.8 Å². The number of thiazole rings is 2. The Bertz CT molecular complexity index is 650. The van der Waals surface area contributed by atoms with Crippen LogP contribution in [0.2, 0.25) is 0 Å². The van der Waals surface area contributed by atoms with E-state index in [-0.39, 0.29) is 5.41 Å². The highest BCUT2D eigenvalue weighted by atomic mass is 32.1. The predicted molar refractivity (Wildman–Crippen MR) is 103 cm³/mol. The van der Waals surface area contributed by atoms with Crippen molar-refractivity contribution in [3.05, 3.63) is 32.2 Å². The molecule has 1 aliphatic rings. The molecule has 6 heteroatoms. The van der Waals surface area contributed by atoms with Crippen molar-refractivity contribution >= 4 is 22.7 Å². The van der Waals surface area contributed by atoms with E-state index in [0.717, 1.165) is 38.6 Å². The van der Waals surface area contributed by atoms with Crippen molar-refractivity contribution < 1.29 is 0 Å². The quantitative estimate of drug-likeness (QED) is 0.846. The van der Waals surface area contributed by atoms with Crippen molar-refractivity contribution in [2.45, 2.75) is 52.6 Å². The van der Waals surface area contributed by atoms with Gasteiger partial charge in [0, 0.05) is 29.0 Å². The molecule has 1 saturated heterocycles. The summed E-state index contributed by atoms with van der Waals surface area (Å²) in [7, 11) is 0. The molecule has 132 valence electrons. The number of nitrogens with zero attached hydrogens (tertiary/aromatic N) is 3. The normalized spacial score (nSPS) is 18.6. The third-order valence-corrected chi connectivity index (χ3v) is 6.87. The van der Waals surface area contributed by atoms with E-state index in [0.29, 0.717) is 0 Å². The molecular formula is C18H28N4S2. The van der Waals surface area contributed by atoms with E-state index >= 15 is 0 Å². The maximum atomic E-state index is 4.70. The van der Waals surface area contributed by atoms with Crippen LogP contribution in [0.5, 0.6) is 0 Å². The van der Waals surface area contributed by atoms with Crippen LogP contribution in [0.15, 0.2) is 11.7 Å². The molecular weight excluding hydrogens is 336 g/mol. The molecule has 3 rings (SSSR count). The van der Waals surface area contributed by atoms with Crippen molar-refractivity contribution in [2.24, 2.45) is 5.92 Å². The summed E-state index contributed by atoms with van der Waals surface area (Å²) >= 11 is 3.63. The Morgan fingerprint density at radius 2 is 2.12 bits per heavy atom. The molecule has 0 bridgehead atoms.